The summed E-state index contributed by atoms with van der Waals surface area (Å²) in [6.07, 6.45) is -5.17. The molecule has 20 nitrogen and oxygen atoms in total. The van der Waals surface area contributed by atoms with Crippen LogP contribution in [0.2, 0.25) is 0 Å². The van der Waals surface area contributed by atoms with E-state index in [0.29, 0.717) is 0 Å². The van der Waals surface area contributed by atoms with Crippen LogP contribution in [0.4, 0.5) is 0 Å². The lowest BCUT2D eigenvalue weighted by atomic mass is 9.72. The minimum absolute atomic E-state index is 0.0621. The van der Waals surface area contributed by atoms with Gasteiger partial charge in [-0.05, 0) is 19.4 Å². The molecule has 328 valence electrons. The second-order valence-electron chi connectivity index (χ2n) is 16.5. The van der Waals surface area contributed by atoms with Gasteiger partial charge in [0.2, 0.25) is 17.6 Å². The molecule has 62 heavy (non-hydrogen) atoms. The average molecular weight is 862 g/mol. The predicted molar refractivity (Wildman–Crippen MR) is 203 cm³/mol. The maximum absolute atomic E-state index is 14.1. The maximum Gasteiger partial charge on any atom is 0.255 e. The first-order chi connectivity index (χ1) is 29.6. The number of carbonyl (C=O) groups is 7. The minimum Gasteiger partial charge on any atom is -0.507 e. The first-order valence-corrected chi connectivity index (χ1v) is 20.1. The van der Waals surface area contributed by atoms with Crippen LogP contribution in [0.3, 0.4) is 0 Å². The number of carbonyl (C=O) groups excluding carboxylic acids is 7. The van der Waals surface area contributed by atoms with Crippen molar-refractivity contribution < 1.29 is 82.4 Å². The van der Waals surface area contributed by atoms with Crippen LogP contribution in [-0.2, 0) is 54.1 Å². The van der Waals surface area contributed by atoms with Crippen molar-refractivity contribution in [2.75, 3.05) is 34.0 Å². The number of nitrogens with zero attached hydrogens (tertiary/aromatic N) is 3. The van der Waals surface area contributed by atoms with Crippen LogP contribution in [-0.4, -0.2) is 159 Å². The van der Waals surface area contributed by atoms with Crippen molar-refractivity contribution >= 4 is 41.0 Å². The van der Waals surface area contributed by atoms with Crippen molar-refractivity contribution in [3.63, 3.8) is 0 Å². The Bertz CT molecular complexity index is 2350. The summed E-state index contributed by atoms with van der Waals surface area (Å²) in [6.45, 7) is 0.371. The van der Waals surface area contributed by atoms with E-state index in [4.69, 9.17) is 28.4 Å². The van der Waals surface area contributed by atoms with Crippen molar-refractivity contribution in [3.8, 4) is 17.2 Å². The third-order valence-corrected chi connectivity index (χ3v) is 13.0. The number of aliphatic hydroxyl groups is 2. The second kappa shape index (κ2) is 15.4. The quantitative estimate of drug-likeness (QED) is 0.151. The van der Waals surface area contributed by atoms with Gasteiger partial charge in [0, 0.05) is 80.1 Å². The largest absolute Gasteiger partial charge is 0.507 e. The topological polar surface area (TPSA) is 266 Å². The molecule has 0 spiro atoms. The van der Waals surface area contributed by atoms with Gasteiger partial charge < -0.3 is 48.8 Å². The molecule has 10 atom stereocenters. The molecule has 4 fully saturated rings. The van der Waals surface area contributed by atoms with Gasteiger partial charge in [-0.1, -0.05) is 12.1 Å². The molecule has 5 aliphatic heterocycles. The lowest BCUT2D eigenvalue weighted by Crippen LogP contribution is -2.58. The first-order valence-electron chi connectivity index (χ1n) is 20.1. The molecule has 5 heterocycles. The normalized spacial score (nSPS) is 32.8. The third kappa shape index (κ3) is 6.47. The van der Waals surface area contributed by atoms with E-state index >= 15 is 0 Å². The summed E-state index contributed by atoms with van der Waals surface area (Å²) in [5, 5.41) is 45.3. The third-order valence-electron chi connectivity index (χ3n) is 13.0. The standard InChI is InChI=1S/C42H43N3O17/c1-17-38-22(43-14-19(60-41(58-3)40(43)62-38)9-18-10-28(50)45(39(18)55)16-44-26(48)7-8-27(44)49)11-29(59-17)61-24-13-42(56,25(47)15-46)12-21-31(24)37(54)33-32(35(21)52)34(51)20-5-4-6-23(57-2)30(20)36(33)53/h4-8,17-19,22,24,29,38,40-41,46,52,54,56H,9-16H2,1-3H3/t17-,18?,19?,22-,24-,29-,38+,40+,41-,42-/m0/s1. The SMILES string of the molecule is COc1cccc2c1C(=O)c1c(O)c3c(c(O)c1C2=O)C[C@@](O)(C(=O)CO)C[C@@H]3O[C@H]1C[C@H]2[C@H](O[C@@H]3[C@@H](OC)OC(CC4CC(=O)N(CN5C(=O)C=CC5=O)C4=O)CN32)[C@H](C)O1. The maximum atomic E-state index is 14.1. The van der Waals surface area contributed by atoms with Crippen molar-refractivity contribution in [2.45, 2.75) is 93.9 Å². The highest BCUT2D eigenvalue weighted by Gasteiger charge is 2.57. The molecular formula is C42H43N3O17. The summed E-state index contributed by atoms with van der Waals surface area (Å²) in [7, 11) is 2.74. The number of aromatic hydroxyl groups is 2. The Morgan fingerprint density at radius 3 is 2.35 bits per heavy atom. The highest BCUT2D eigenvalue weighted by Crippen LogP contribution is 2.53. The molecule has 20 heteroatoms. The van der Waals surface area contributed by atoms with E-state index in [1.54, 1.807) is 6.92 Å². The number of hydrogen-bond donors (Lipinski definition) is 4. The van der Waals surface area contributed by atoms with Crippen LogP contribution in [0.25, 0.3) is 0 Å². The molecule has 0 radical (unpaired) electrons. The van der Waals surface area contributed by atoms with Gasteiger partial charge in [-0.25, -0.2) is 0 Å². The van der Waals surface area contributed by atoms with E-state index in [2.05, 4.69) is 0 Å². The number of likely N-dealkylation sites (tertiary alicyclic amines) is 1. The first kappa shape index (κ1) is 41.9. The number of ketones is 3. The molecule has 2 aromatic rings. The number of fused-ring (bicyclic) bond motifs is 6. The Morgan fingerprint density at radius 1 is 0.935 bits per heavy atom. The molecule has 9 rings (SSSR count). The summed E-state index contributed by atoms with van der Waals surface area (Å²) in [6, 6.07) is 3.88. The summed E-state index contributed by atoms with van der Waals surface area (Å²) in [5.74, 6) is -7.18. The van der Waals surface area contributed by atoms with E-state index in [-0.39, 0.29) is 53.8 Å². The molecule has 2 aliphatic carbocycles. The highest BCUT2D eigenvalue weighted by atomic mass is 16.7. The van der Waals surface area contributed by atoms with Crippen LogP contribution < -0.4 is 4.74 Å². The van der Waals surface area contributed by atoms with E-state index in [9.17, 15) is 54.0 Å². The molecule has 0 saturated carbocycles. The van der Waals surface area contributed by atoms with Gasteiger partial charge in [0.25, 0.3) is 11.8 Å². The molecule has 2 aromatic carbocycles. The number of imide groups is 2. The number of ether oxygens (including phenoxy) is 6. The fourth-order valence-corrected chi connectivity index (χ4v) is 10.0. The molecule has 4 saturated heterocycles. The van der Waals surface area contributed by atoms with Gasteiger partial charge in [-0.15, -0.1) is 0 Å². The average Bonchev–Trinajstić information content (AvgIpc) is 3.87. The monoisotopic (exact) mass is 861 g/mol. The van der Waals surface area contributed by atoms with Crippen molar-refractivity contribution in [2.24, 2.45) is 5.92 Å². The summed E-state index contributed by atoms with van der Waals surface area (Å²) in [5.41, 5.74) is -3.96. The van der Waals surface area contributed by atoms with E-state index in [0.717, 1.165) is 22.0 Å². The molecule has 7 aliphatic rings. The number of phenolic OH excluding ortho intramolecular Hbond substituents is 2. The number of Topliss-reactive ketones (excluding diaryl/α,β-unsaturated/α-hetero) is 1. The zero-order chi connectivity index (χ0) is 44.1. The van der Waals surface area contributed by atoms with Crippen molar-refractivity contribution in [1.29, 1.82) is 0 Å². The number of methoxy groups -OCH3 is 2. The molecule has 4 amide bonds. The zero-order valence-corrected chi connectivity index (χ0v) is 33.7. The minimum atomic E-state index is -2.34. The van der Waals surface area contributed by atoms with Gasteiger partial charge in [0.1, 0.15) is 42.2 Å². The number of benzene rings is 2. The van der Waals surface area contributed by atoms with Crippen LogP contribution in [0, 0.1) is 5.92 Å². The predicted octanol–water partition coefficient (Wildman–Crippen LogP) is -0.272. The van der Waals surface area contributed by atoms with Crippen molar-refractivity contribution in [3.05, 3.63) is 63.7 Å². The van der Waals surface area contributed by atoms with Crippen LogP contribution in [0.15, 0.2) is 30.4 Å². The van der Waals surface area contributed by atoms with Crippen LogP contribution in [0.1, 0.15) is 81.7 Å². The van der Waals surface area contributed by atoms with Gasteiger partial charge in [0.05, 0.1) is 42.1 Å². The molecule has 2 unspecified atom stereocenters. The molecule has 0 bridgehead atoms. The summed E-state index contributed by atoms with van der Waals surface area (Å²) >= 11 is 0. The fourth-order valence-electron chi connectivity index (χ4n) is 10.0. The number of aliphatic hydroxyl groups excluding tert-OH is 1. The van der Waals surface area contributed by atoms with E-state index in [1.165, 1.54) is 32.4 Å². The Kier molecular flexibility index (Phi) is 10.4. The van der Waals surface area contributed by atoms with Gasteiger partial charge in [0.15, 0.2) is 30.4 Å². The highest BCUT2D eigenvalue weighted by molar-refractivity contribution is 6.31. The van der Waals surface area contributed by atoms with Crippen LogP contribution >= 0.6 is 0 Å². The summed E-state index contributed by atoms with van der Waals surface area (Å²) in [4.78, 5) is 95.4. The lowest BCUT2D eigenvalue weighted by Gasteiger charge is -2.44. The van der Waals surface area contributed by atoms with Crippen molar-refractivity contribution in [1.82, 2.24) is 14.7 Å². The lowest BCUT2D eigenvalue weighted by molar-refractivity contribution is -0.273. The number of morpholine rings is 1. The smallest absolute Gasteiger partial charge is 0.255 e. The van der Waals surface area contributed by atoms with Gasteiger partial charge in [-0.3, -0.25) is 48.3 Å². The van der Waals surface area contributed by atoms with Crippen LogP contribution in [0.5, 0.6) is 17.2 Å². The molecule has 0 aromatic heterocycles. The van der Waals surface area contributed by atoms with E-state index in [1.807, 2.05) is 4.90 Å². The Balaban J connectivity index is 0.985. The fraction of sp³-hybridized carbons (Fsp3) is 0.500. The molecular weight excluding hydrogens is 818 g/mol. The van der Waals surface area contributed by atoms with Gasteiger partial charge in [-0.2, -0.15) is 0 Å². The number of amides is 4. The second-order valence-corrected chi connectivity index (χ2v) is 16.5. The molecule has 4 N–H and O–H groups in total. The Morgan fingerprint density at radius 2 is 1.66 bits per heavy atom. The van der Waals surface area contributed by atoms with Gasteiger partial charge >= 0.3 is 0 Å². The summed E-state index contributed by atoms with van der Waals surface area (Å²) < 4.78 is 36.5. The number of rotatable bonds is 10. The Hall–Kier alpha value is -5.45. The number of hydrogen-bond acceptors (Lipinski definition) is 18. The van der Waals surface area contributed by atoms with E-state index < -0.39 is 151 Å². The Labute approximate surface area is 352 Å². The zero-order valence-electron chi connectivity index (χ0n) is 33.7. The number of phenols is 2.